The normalized spacial score (nSPS) is 12.6. The van der Waals surface area contributed by atoms with Crippen molar-refractivity contribution >= 4 is 48.9 Å². The van der Waals surface area contributed by atoms with Gasteiger partial charge in [-0.25, -0.2) is 0 Å². The van der Waals surface area contributed by atoms with Crippen LogP contribution >= 0.6 is 27.3 Å². The molecule has 1 aromatic carbocycles. The summed E-state index contributed by atoms with van der Waals surface area (Å²) in [6.07, 6.45) is 0. The summed E-state index contributed by atoms with van der Waals surface area (Å²) >= 11 is 4.72. The van der Waals surface area contributed by atoms with Crippen LogP contribution in [0.25, 0.3) is 10.1 Å². The number of carbonyl (C=O) groups is 1. The second-order valence-electron chi connectivity index (χ2n) is 4.29. The molecule has 1 aromatic heterocycles. The van der Waals surface area contributed by atoms with Gasteiger partial charge in [0.15, 0.2) is 0 Å². The fourth-order valence-corrected chi connectivity index (χ4v) is 3.43. The lowest BCUT2D eigenvalue weighted by atomic mass is 10.2. The number of anilines is 1. The minimum absolute atomic E-state index is 0.185. The number of aliphatic hydroxyl groups excluding tert-OH is 1. The average molecular weight is 359 g/mol. The number of aliphatic hydroxyl groups is 1. The molecule has 1 heterocycles. The Morgan fingerprint density at radius 2 is 2.35 bits per heavy atom. The van der Waals surface area contributed by atoms with E-state index in [0.717, 1.165) is 14.6 Å². The molecule has 7 heteroatoms. The zero-order valence-electron chi connectivity index (χ0n) is 10.9. The molecule has 5 nitrogen and oxygen atoms in total. The van der Waals surface area contributed by atoms with Gasteiger partial charge in [0.1, 0.15) is 4.88 Å². The van der Waals surface area contributed by atoms with Crippen LogP contribution in [0.3, 0.4) is 0 Å². The molecular weight excluding hydrogens is 344 g/mol. The van der Waals surface area contributed by atoms with Gasteiger partial charge in [-0.1, -0.05) is 22.0 Å². The zero-order valence-corrected chi connectivity index (χ0v) is 13.3. The molecule has 0 bridgehead atoms. The van der Waals surface area contributed by atoms with Crippen LogP contribution in [0.4, 0.5) is 5.69 Å². The number of amides is 1. The van der Waals surface area contributed by atoms with E-state index in [1.165, 1.54) is 18.4 Å². The highest BCUT2D eigenvalue weighted by atomic mass is 79.9. The first-order valence-corrected chi connectivity index (χ1v) is 7.56. The highest BCUT2D eigenvalue weighted by molar-refractivity contribution is 9.10. The number of thiophene rings is 1. The van der Waals surface area contributed by atoms with E-state index in [1.54, 1.807) is 0 Å². The Morgan fingerprint density at radius 3 is 3.00 bits per heavy atom. The summed E-state index contributed by atoms with van der Waals surface area (Å²) in [6.45, 7) is 0.0640. The predicted octanol–water partition coefficient (Wildman–Crippen LogP) is 1.98. The summed E-state index contributed by atoms with van der Waals surface area (Å²) in [5.41, 5.74) is 6.48. The molecule has 0 saturated heterocycles. The molecule has 0 saturated carbocycles. The van der Waals surface area contributed by atoms with Crippen LogP contribution in [-0.2, 0) is 4.74 Å². The number of nitrogen functional groups attached to an aromatic ring is 1. The van der Waals surface area contributed by atoms with Crippen LogP contribution in [0.15, 0.2) is 22.7 Å². The van der Waals surface area contributed by atoms with Crippen molar-refractivity contribution in [3.63, 3.8) is 0 Å². The molecule has 4 N–H and O–H groups in total. The molecule has 1 atom stereocenters. The number of ether oxygens (including phenoxy) is 1. The third-order valence-electron chi connectivity index (χ3n) is 2.82. The molecule has 0 fully saturated rings. The highest BCUT2D eigenvalue weighted by Crippen LogP contribution is 2.35. The summed E-state index contributed by atoms with van der Waals surface area (Å²) < 4.78 is 6.80. The van der Waals surface area contributed by atoms with Crippen molar-refractivity contribution in [1.82, 2.24) is 5.32 Å². The van der Waals surface area contributed by atoms with Crippen molar-refractivity contribution in [2.75, 3.05) is 26.1 Å². The van der Waals surface area contributed by atoms with Gasteiger partial charge in [0, 0.05) is 21.7 Å². The molecule has 0 aliphatic carbocycles. The third-order valence-corrected chi connectivity index (χ3v) is 4.48. The number of methoxy groups -OCH3 is 1. The van der Waals surface area contributed by atoms with Crippen LogP contribution in [0, 0.1) is 0 Å². The van der Waals surface area contributed by atoms with Gasteiger partial charge in [0.25, 0.3) is 5.91 Å². The Bertz CT molecular complexity index is 629. The number of fused-ring (bicyclic) bond motifs is 1. The van der Waals surface area contributed by atoms with E-state index in [-0.39, 0.29) is 19.1 Å². The number of hydrogen-bond donors (Lipinski definition) is 3. The lowest BCUT2D eigenvalue weighted by Crippen LogP contribution is -2.40. The standard InChI is InChI=1S/C13H15BrN2O3S/c1-19-6-8(5-17)16-13(18)12-11(15)9-3-2-7(14)4-10(9)20-12/h2-4,8,17H,5-6,15H2,1H3,(H,16,18). The maximum absolute atomic E-state index is 12.2. The minimum Gasteiger partial charge on any atom is -0.397 e. The van der Waals surface area contributed by atoms with E-state index in [1.807, 2.05) is 18.2 Å². The number of hydrogen-bond acceptors (Lipinski definition) is 5. The molecule has 2 aromatic rings. The van der Waals surface area contributed by atoms with Crippen LogP contribution < -0.4 is 11.1 Å². The van der Waals surface area contributed by atoms with Crippen LogP contribution in [0.1, 0.15) is 9.67 Å². The Kier molecular flexibility index (Phi) is 4.98. The minimum atomic E-state index is -0.441. The Labute approximate surface area is 128 Å². The molecule has 2 rings (SSSR count). The Hall–Kier alpha value is -1.15. The van der Waals surface area contributed by atoms with Crippen molar-refractivity contribution < 1.29 is 14.6 Å². The van der Waals surface area contributed by atoms with Gasteiger partial charge in [-0.3, -0.25) is 4.79 Å². The fraction of sp³-hybridized carbons (Fsp3) is 0.308. The average Bonchev–Trinajstić information content (AvgIpc) is 2.74. The smallest absolute Gasteiger partial charge is 0.263 e. The molecule has 0 aliphatic rings. The maximum atomic E-state index is 12.2. The molecule has 108 valence electrons. The second-order valence-corrected chi connectivity index (χ2v) is 6.26. The number of carbonyl (C=O) groups excluding carboxylic acids is 1. The van der Waals surface area contributed by atoms with Crippen LogP contribution in [0.2, 0.25) is 0 Å². The molecule has 1 unspecified atom stereocenters. The number of halogens is 1. The van der Waals surface area contributed by atoms with Gasteiger partial charge >= 0.3 is 0 Å². The summed E-state index contributed by atoms with van der Waals surface area (Å²) in [5.74, 6) is -0.295. The zero-order chi connectivity index (χ0) is 14.7. The first kappa shape index (κ1) is 15.2. The Morgan fingerprint density at radius 1 is 1.60 bits per heavy atom. The van der Waals surface area contributed by atoms with Crippen LogP contribution in [-0.4, -0.2) is 37.4 Å². The highest BCUT2D eigenvalue weighted by Gasteiger charge is 2.19. The van der Waals surface area contributed by atoms with Crippen molar-refractivity contribution in [2.45, 2.75) is 6.04 Å². The van der Waals surface area contributed by atoms with Crippen molar-refractivity contribution in [2.24, 2.45) is 0 Å². The van der Waals surface area contributed by atoms with Gasteiger partial charge in [0.2, 0.25) is 0 Å². The van der Waals surface area contributed by atoms with Gasteiger partial charge in [-0.2, -0.15) is 0 Å². The summed E-state index contributed by atoms with van der Waals surface area (Å²) in [5, 5.41) is 12.7. The molecule has 0 radical (unpaired) electrons. The molecular formula is C13H15BrN2O3S. The van der Waals surface area contributed by atoms with E-state index in [2.05, 4.69) is 21.2 Å². The number of nitrogens with one attached hydrogen (secondary N) is 1. The monoisotopic (exact) mass is 358 g/mol. The number of rotatable bonds is 5. The van der Waals surface area contributed by atoms with E-state index in [4.69, 9.17) is 15.6 Å². The van der Waals surface area contributed by atoms with Gasteiger partial charge < -0.3 is 20.9 Å². The van der Waals surface area contributed by atoms with E-state index >= 15 is 0 Å². The molecule has 0 spiro atoms. The SMILES string of the molecule is COCC(CO)NC(=O)c1sc2cc(Br)ccc2c1N. The summed E-state index contributed by atoms with van der Waals surface area (Å²) in [7, 11) is 1.51. The first-order valence-electron chi connectivity index (χ1n) is 5.95. The van der Waals surface area contributed by atoms with Crippen molar-refractivity contribution in [3.05, 3.63) is 27.5 Å². The Balaban J connectivity index is 2.28. The lowest BCUT2D eigenvalue weighted by molar-refractivity contribution is 0.0844. The maximum Gasteiger partial charge on any atom is 0.263 e. The molecule has 0 aliphatic heterocycles. The second kappa shape index (κ2) is 6.53. The largest absolute Gasteiger partial charge is 0.397 e. The first-order chi connectivity index (χ1) is 9.56. The number of nitrogens with two attached hydrogens (primary N) is 1. The lowest BCUT2D eigenvalue weighted by Gasteiger charge is -2.14. The van der Waals surface area contributed by atoms with E-state index in [0.29, 0.717) is 10.6 Å². The van der Waals surface area contributed by atoms with Gasteiger partial charge in [0.05, 0.1) is 24.9 Å². The quantitative estimate of drug-likeness (QED) is 0.762. The van der Waals surface area contributed by atoms with Crippen LogP contribution in [0.5, 0.6) is 0 Å². The molecule has 20 heavy (non-hydrogen) atoms. The van der Waals surface area contributed by atoms with E-state index in [9.17, 15) is 4.79 Å². The third kappa shape index (κ3) is 3.12. The summed E-state index contributed by atoms with van der Waals surface area (Å²) in [6, 6.07) is 5.24. The summed E-state index contributed by atoms with van der Waals surface area (Å²) in [4.78, 5) is 12.7. The fourth-order valence-electron chi connectivity index (χ4n) is 1.85. The van der Waals surface area contributed by atoms with Gasteiger partial charge in [-0.05, 0) is 12.1 Å². The van der Waals surface area contributed by atoms with Gasteiger partial charge in [-0.15, -0.1) is 11.3 Å². The van der Waals surface area contributed by atoms with Crippen molar-refractivity contribution in [1.29, 1.82) is 0 Å². The predicted molar refractivity (Wildman–Crippen MR) is 84.2 cm³/mol. The number of benzene rings is 1. The van der Waals surface area contributed by atoms with Crippen molar-refractivity contribution in [3.8, 4) is 0 Å². The molecule has 1 amide bonds. The topological polar surface area (TPSA) is 84.6 Å². The van der Waals surface area contributed by atoms with E-state index < -0.39 is 6.04 Å².